The van der Waals surface area contributed by atoms with Crippen LogP contribution < -0.4 is 0 Å². The van der Waals surface area contributed by atoms with Gasteiger partial charge in [-0.1, -0.05) is 0 Å². The number of carboxylic acid groups (broad SMARTS) is 1. The van der Waals surface area contributed by atoms with Gasteiger partial charge in [0.2, 0.25) is 0 Å². The molecule has 1 fully saturated rings. The van der Waals surface area contributed by atoms with E-state index in [1.54, 1.807) is 9.58 Å². The zero-order valence-electron chi connectivity index (χ0n) is 13.8. The molecule has 0 bridgehead atoms. The molecule has 0 radical (unpaired) electrons. The van der Waals surface area contributed by atoms with Crippen LogP contribution in [-0.4, -0.2) is 62.1 Å². The Morgan fingerprint density at radius 3 is 2.79 bits per heavy atom. The topological polar surface area (TPSA) is 105 Å². The zero-order valence-corrected chi connectivity index (χ0v) is 13.8. The first kappa shape index (κ1) is 16.9. The van der Waals surface area contributed by atoms with Crippen molar-refractivity contribution in [1.82, 2.24) is 14.7 Å². The second kappa shape index (κ2) is 6.52. The number of carboxylic acids is 1. The summed E-state index contributed by atoms with van der Waals surface area (Å²) in [6, 6.07) is 0. The number of rotatable bonds is 4. The lowest BCUT2D eigenvalue weighted by molar-refractivity contribution is -0.162. The van der Waals surface area contributed by atoms with Crippen LogP contribution in [-0.2, 0) is 29.0 Å². The van der Waals surface area contributed by atoms with Gasteiger partial charge in [0.25, 0.3) is 5.91 Å². The third-order valence-electron chi connectivity index (χ3n) is 4.86. The molecule has 0 spiro atoms. The van der Waals surface area contributed by atoms with E-state index < -0.39 is 11.6 Å². The number of aliphatic hydroxyl groups is 1. The predicted octanol–water partition coefficient (Wildman–Crippen LogP) is 0.417. The third kappa shape index (κ3) is 2.91. The first-order valence-electron chi connectivity index (χ1n) is 8.32. The lowest BCUT2D eigenvalue weighted by Crippen LogP contribution is -2.51. The number of aromatic nitrogens is 2. The van der Waals surface area contributed by atoms with Crippen LogP contribution in [0.25, 0.3) is 0 Å². The highest BCUT2D eigenvalue weighted by atomic mass is 16.5. The number of carbonyl (C=O) groups excluding carboxylic acids is 1. The van der Waals surface area contributed by atoms with Crippen LogP contribution in [0.2, 0.25) is 0 Å². The summed E-state index contributed by atoms with van der Waals surface area (Å²) in [4.78, 5) is 26.0. The average Bonchev–Trinajstić information content (AvgIpc) is 2.93. The largest absolute Gasteiger partial charge is 0.476 e. The molecular weight excluding hydrogens is 314 g/mol. The molecule has 0 aliphatic carbocycles. The van der Waals surface area contributed by atoms with Crippen molar-refractivity contribution >= 4 is 11.9 Å². The first-order chi connectivity index (χ1) is 11.5. The molecule has 1 amide bonds. The van der Waals surface area contributed by atoms with E-state index in [1.807, 2.05) is 6.92 Å². The Hall–Kier alpha value is -1.93. The molecule has 1 aromatic rings. The zero-order chi connectivity index (χ0) is 17.3. The lowest BCUT2D eigenvalue weighted by Gasteiger charge is -2.38. The van der Waals surface area contributed by atoms with E-state index in [0.29, 0.717) is 31.6 Å². The summed E-state index contributed by atoms with van der Waals surface area (Å²) in [5.74, 6) is -1.20. The number of hydrogen-bond acceptors (Lipinski definition) is 5. The minimum absolute atomic E-state index is 0.0364. The monoisotopic (exact) mass is 337 g/mol. The molecule has 24 heavy (non-hydrogen) atoms. The van der Waals surface area contributed by atoms with Crippen molar-refractivity contribution in [3.05, 3.63) is 17.0 Å². The van der Waals surface area contributed by atoms with Crippen LogP contribution in [0.3, 0.4) is 0 Å². The fourth-order valence-electron chi connectivity index (χ4n) is 3.55. The first-order valence-corrected chi connectivity index (χ1v) is 8.32. The highest BCUT2D eigenvalue weighted by Crippen LogP contribution is 2.30. The fraction of sp³-hybridized carbons (Fsp3) is 0.688. The van der Waals surface area contributed by atoms with Crippen molar-refractivity contribution in [3.63, 3.8) is 0 Å². The molecule has 1 atom stereocenters. The molecule has 2 aliphatic heterocycles. The maximum atomic E-state index is 12.9. The Morgan fingerprint density at radius 1 is 1.38 bits per heavy atom. The van der Waals surface area contributed by atoms with Crippen LogP contribution in [0.1, 0.15) is 47.9 Å². The van der Waals surface area contributed by atoms with E-state index in [0.717, 1.165) is 18.5 Å². The Balaban J connectivity index is 1.85. The van der Waals surface area contributed by atoms with Crippen molar-refractivity contribution in [2.75, 3.05) is 19.8 Å². The second-order valence-corrected chi connectivity index (χ2v) is 6.54. The maximum Gasteiger partial charge on any atom is 0.356 e. The fourth-order valence-corrected chi connectivity index (χ4v) is 3.55. The van der Waals surface area contributed by atoms with Gasteiger partial charge in [-0.3, -0.25) is 9.48 Å². The number of aromatic carboxylic acids is 1. The molecule has 2 N–H and O–H groups in total. The van der Waals surface area contributed by atoms with Gasteiger partial charge in [0.05, 0.1) is 19.7 Å². The van der Waals surface area contributed by atoms with Gasteiger partial charge >= 0.3 is 5.97 Å². The number of nitrogens with zero attached hydrogens (tertiary/aromatic N) is 3. The van der Waals surface area contributed by atoms with Crippen molar-refractivity contribution < 1.29 is 24.5 Å². The van der Waals surface area contributed by atoms with Gasteiger partial charge in [-0.15, -0.1) is 0 Å². The van der Waals surface area contributed by atoms with Gasteiger partial charge in [0, 0.05) is 30.8 Å². The Kier molecular flexibility index (Phi) is 4.60. The Bertz CT molecular complexity index is 648. The number of hydrogen-bond donors (Lipinski definition) is 2. The number of fused-ring (bicyclic) bond motifs is 1. The van der Waals surface area contributed by atoms with E-state index in [4.69, 9.17) is 9.84 Å². The number of ether oxygens (including phenoxy) is 1. The molecule has 8 nitrogen and oxygen atoms in total. The van der Waals surface area contributed by atoms with E-state index >= 15 is 0 Å². The molecule has 2 aliphatic rings. The summed E-state index contributed by atoms with van der Waals surface area (Å²) in [5, 5.41) is 22.6. The molecular formula is C16H23N3O5. The smallest absolute Gasteiger partial charge is 0.356 e. The summed E-state index contributed by atoms with van der Waals surface area (Å²) in [6.45, 7) is 3.26. The molecule has 1 aromatic heterocycles. The van der Waals surface area contributed by atoms with Crippen LogP contribution in [0.15, 0.2) is 0 Å². The Morgan fingerprint density at radius 2 is 2.17 bits per heavy atom. The minimum Gasteiger partial charge on any atom is -0.476 e. The van der Waals surface area contributed by atoms with Crippen molar-refractivity contribution in [2.45, 2.75) is 51.3 Å². The molecule has 0 aromatic carbocycles. The predicted molar refractivity (Wildman–Crippen MR) is 83.6 cm³/mol. The van der Waals surface area contributed by atoms with Crippen LogP contribution >= 0.6 is 0 Å². The summed E-state index contributed by atoms with van der Waals surface area (Å²) >= 11 is 0. The molecule has 3 rings (SSSR count). The summed E-state index contributed by atoms with van der Waals surface area (Å²) < 4.78 is 7.27. The number of aliphatic hydroxyl groups excluding tert-OH is 1. The molecule has 8 heteroatoms. The van der Waals surface area contributed by atoms with Crippen LogP contribution in [0, 0.1) is 0 Å². The summed E-state index contributed by atoms with van der Waals surface area (Å²) in [6.07, 6.45) is 3.13. The van der Waals surface area contributed by atoms with Gasteiger partial charge in [-0.2, -0.15) is 5.10 Å². The number of amides is 1. The molecule has 3 heterocycles. The highest BCUT2D eigenvalue weighted by molar-refractivity contribution is 5.89. The standard InChI is InChI=1S/C16H23N3O5/c1-16(5-2-3-9-24-16)15(23)18-6-4-12-11(10-18)13(14(21)22)17-19(12)7-8-20/h20H,2-10H2,1H3,(H,21,22). The highest BCUT2D eigenvalue weighted by Gasteiger charge is 2.41. The molecule has 132 valence electrons. The van der Waals surface area contributed by atoms with Crippen molar-refractivity contribution in [2.24, 2.45) is 0 Å². The second-order valence-electron chi connectivity index (χ2n) is 6.54. The van der Waals surface area contributed by atoms with Crippen LogP contribution in [0.4, 0.5) is 0 Å². The lowest BCUT2D eigenvalue weighted by atomic mass is 9.93. The average molecular weight is 337 g/mol. The van der Waals surface area contributed by atoms with Gasteiger partial charge in [-0.05, 0) is 26.2 Å². The summed E-state index contributed by atoms with van der Waals surface area (Å²) in [7, 11) is 0. The van der Waals surface area contributed by atoms with Crippen molar-refractivity contribution in [3.8, 4) is 0 Å². The van der Waals surface area contributed by atoms with E-state index in [1.165, 1.54) is 0 Å². The minimum atomic E-state index is -1.11. The van der Waals surface area contributed by atoms with E-state index in [9.17, 15) is 14.7 Å². The van der Waals surface area contributed by atoms with E-state index in [2.05, 4.69) is 5.10 Å². The van der Waals surface area contributed by atoms with Gasteiger partial charge in [0.1, 0.15) is 5.60 Å². The third-order valence-corrected chi connectivity index (χ3v) is 4.86. The van der Waals surface area contributed by atoms with Gasteiger partial charge in [-0.25, -0.2) is 4.79 Å². The normalized spacial score (nSPS) is 23.8. The quantitative estimate of drug-likeness (QED) is 0.825. The van der Waals surface area contributed by atoms with Crippen LogP contribution in [0.5, 0.6) is 0 Å². The van der Waals surface area contributed by atoms with E-state index in [-0.39, 0.29) is 31.3 Å². The molecule has 0 saturated carbocycles. The van der Waals surface area contributed by atoms with Gasteiger partial charge in [0.15, 0.2) is 5.69 Å². The SMILES string of the molecule is CC1(C(=O)N2CCc3c(c(C(=O)O)nn3CCO)C2)CCCCO1. The molecule has 1 unspecified atom stereocenters. The molecule has 1 saturated heterocycles. The van der Waals surface area contributed by atoms with Gasteiger partial charge < -0.3 is 19.8 Å². The number of carbonyl (C=O) groups is 2. The van der Waals surface area contributed by atoms with Crippen molar-refractivity contribution in [1.29, 1.82) is 0 Å². The Labute approximate surface area is 140 Å². The maximum absolute atomic E-state index is 12.9. The summed E-state index contributed by atoms with van der Waals surface area (Å²) in [5.41, 5.74) is 0.501.